The first-order chi connectivity index (χ1) is 8.63. The van der Waals surface area contributed by atoms with E-state index in [9.17, 15) is 0 Å². The second kappa shape index (κ2) is 8.29. The van der Waals surface area contributed by atoms with Crippen LogP contribution >= 0.6 is 15.9 Å². The zero-order chi connectivity index (χ0) is 13.4. The molecule has 1 aromatic heterocycles. The van der Waals surface area contributed by atoms with Gasteiger partial charge in [0.2, 0.25) is 5.88 Å². The lowest BCUT2D eigenvalue weighted by molar-refractivity contribution is 0.156. The first-order valence-corrected chi connectivity index (χ1v) is 6.64. The molecule has 0 saturated carbocycles. The van der Waals surface area contributed by atoms with Crippen molar-refractivity contribution >= 4 is 21.6 Å². The van der Waals surface area contributed by atoms with Crippen LogP contribution < -0.4 is 10.5 Å². The Morgan fingerprint density at radius 1 is 1.39 bits per heavy atom. The first-order valence-electron chi connectivity index (χ1n) is 5.84. The fraction of sp³-hybridized carbons (Fsp3) is 0.583. The van der Waals surface area contributed by atoms with Gasteiger partial charge in [-0.3, -0.25) is 0 Å². The van der Waals surface area contributed by atoms with E-state index in [1.807, 2.05) is 0 Å². The van der Waals surface area contributed by atoms with Gasteiger partial charge < -0.3 is 20.1 Å². The molecule has 1 rings (SSSR count). The third kappa shape index (κ3) is 5.66. The second-order valence-electron chi connectivity index (χ2n) is 4.05. The third-order valence-electron chi connectivity index (χ3n) is 2.45. The van der Waals surface area contributed by atoms with Crippen molar-refractivity contribution < 1.29 is 9.47 Å². The number of likely N-dealkylation sites (N-methyl/N-ethyl adjacent to an activating group) is 1. The molecular formula is C12H20BrN3O2. The fourth-order valence-electron chi connectivity index (χ4n) is 1.43. The monoisotopic (exact) mass is 317 g/mol. The number of halogens is 1. The van der Waals surface area contributed by atoms with Crippen molar-refractivity contribution in [2.45, 2.75) is 6.42 Å². The summed E-state index contributed by atoms with van der Waals surface area (Å²) in [5.74, 6) is 0.498. The fourth-order valence-corrected chi connectivity index (χ4v) is 1.77. The largest absolute Gasteiger partial charge is 0.476 e. The molecule has 0 atom stereocenters. The highest BCUT2D eigenvalue weighted by atomic mass is 79.9. The van der Waals surface area contributed by atoms with E-state index < -0.39 is 0 Å². The number of hydrogen-bond donors (Lipinski definition) is 1. The highest BCUT2D eigenvalue weighted by Crippen LogP contribution is 2.21. The Kier molecular flexibility index (Phi) is 7.00. The van der Waals surface area contributed by atoms with Gasteiger partial charge in [0.05, 0.1) is 18.9 Å². The van der Waals surface area contributed by atoms with Crippen LogP contribution in [0.4, 0.5) is 5.69 Å². The predicted molar refractivity (Wildman–Crippen MR) is 75.8 cm³/mol. The van der Waals surface area contributed by atoms with Gasteiger partial charge in [-0.2, -0.15) is 0 Å². The molecule has 0 unspecified atom stereocenters. The predicted octanol–water partition coefficient (Wildman–Crippen LogP) is 1.77. The quantitative estimate of drug-likeness (QED) is 0.740. The van der Waals surface area contributed by atoms with Crippen LogP contribution in [0, 0.1) is 0 Å². The summed E-state index contributed by atoms with van der Waals surface area (Å²) >= 11 is 3.30. The van der Waals surface area contributed by atoms with Crippen LogP contribution in [-0.2, 0) is 4.74 Å². The normalized spacial score (nSPS) is 10.9. The Hall–Kier alpha value is -0.850. The third-order valence-corrected chi connectivity index (χ3v) is 2.88. The van der Waals surface area contributed by atoms with Crippen LogP contribution in [0.1, 0.15) is 6.42 Å². The SMILES string of the molecule is COCCN(C)CCCOc1ncc(Br)cc1N. The molecule has 0 aliphatic carbocycles. The Labute approximate surface area is 116 Å². The molecule has 102 valence electrons. The number of nitrogens with two attached hydrogens (primary N) is 1. The summed E-state index contributed by atoms with van der Waals surface area (Å²) in [6.07, 6.45) is 2.60. The van der Waals surface area contributed by atoms with Crippen molar-refractivity contribution in [1.29, 1.82) is 0 Å². The van der Waals surface area contributed by atoms with E-state index in [-0.39, 0.29) is 0 Å². The molecule has 6 heteroatoms. The molecule has 0 amide bonds. The summed E-state index contributed by atoms with van der Waals surface area (Å²) < 4.78 is 11.4. The number of nitrogen functional groups attached to an aromatic ring is 1. The molecular weight excluding hydrogens is 298 g/mol. The van der Waals surface area contributed by atoms with Gasteiger partial charge in [-0.15, -0.1) is 0 Å². The molecule has 2 N–H and O–H groups in total. The minimum absolute atomic E-state index is 0.498. The van der Waals surface area contributed by atoms with Crippen molar-refractivity contribution in [3.8, 4) is 5.88 Å². The van der Waals surface area contributed by atoms with E-state index in [0.29, 0.717) is 18.2 Å². The van der Waals surface area contributed by atoms with E-state index in [1.54, 1.807) is 19.4 Å². The van der Waals surface area contributed by atoms with E-state index in [4.69, 9.17) is 15.2 Å². The molecule has 0 aliphatic heterocycles. The zero-order valence-corrected chi connectivity index (χ0v) is 12.4. The molecule has 0 bridgehead atoms. The Morgan fingerprint density at radius 3 is 2.83 bits per heavy atom. The molecule has 0 saturated heterocycles. The summed E-state index contributed by atoms with van der Waals surface area (Å²) in [4.78, 5) is 6.32. The van der Waals surface area contributed by atoms with Crippen molar-refractivity contribution in [2.75, 3.05) is 46.2 Å². The number of anilines is 1. The van der Waals surface area contributed by atoms with Crippen molar-refractivity contribution in [3.05, 3.63) is 16.7 Å². The molecule has 0 aliphatic rings. The van der Waals surface area contributed by atoms with Gasteiger partial charge >= 0.3 is 0 Å². The number of rotatable bonds is 8. The minimum atomic E-state index is 0.498. The van der Waals surface area contributed by atoms with E-state index >= 15 is 0 Å². The van der Waals surface area contributed by atoms with Crippen LogP contribution in [0.25, 0.3) is 0 Å². The lowest BCUT2D eigenvalue weighted by atomic mass is 10.4. The number of ether oxygens (including phenoxy) is 2. The van der Waals surface area contributed by atoms with Crippen LogP contribution in [0.15, 0.2) is 16.7 Å². The van der Waals surface area contributed by atoms with Crippen LogP contribution in [-0.4, -0.2) is 50.3 Å². The average molecular weight is 318 g/mol. The van der Waals surface area contributed by atoms with E-state index in [0.717, 1.165) is 30.6 Å². The number of aromatic nitrogens is 1. The summed E-state index contributed by atoms with van der Waals surface area (Å²) in [5.41, 5.74) is 6.34. The van der Waals surface area contributed by atoms with Crippen LogP contribution in [0.5, 0.6) is 5.88 Å². The summed E-state index contributed by atoms with van der Waals surface area (Å²) in [5, 5.41) is 0. The smallest absolute Gasteiger partial charge is 0.237 e. The van der Waals surface area contributed by atoms with Gasteiger partial charge in [-0.1, -0.05) is 0 Å². The van der Waals surface area contributed by atoms with E-state index in [1.165, 1.54) is 0 Å². The maximum Gasteiger partial charge on any atom is 0.237 e. The first kappa shape index (κ1) is 15.2. The molecule has 0 spiro atoms. The topological polar surface area (TPSA) is 60.6 Å². The second-order valence-corrected chi connectivity index (χ2v) is 4.96. The van der Waals surface area contributed by atoms with Gasteiger partial charge in [0.15, 0.2) is 0 Å². The van der Waals surface area contributed by atoms with Gasteiger partial charge in [-0.25, -0.2) is 4.98 Å². The number of pyridine rings is 1. The average Bonchev–Trinajstić information content (AvgIpc) is 2.34. The van der Waals surface area contributed by atoms with Gasteiger partial charge in [0.1, 0.15) is 0 Å². The molecule has 18 heavy (non-hydrogen) atoms. The Balaban J connectivity index is 2.21. The van der Waals surface area contributed by atoms with Crippen LogP contribution in [0.2, 0.25) is 0 Å². The lowest BCUT2D eigenvalue weighted by Gasteiger charge is -2.16. The number of methoxy groups -OCH3 is 1. The maximum atomic E-state index is 5.78. The number of hydrogen-bond acceptors (Lipinski definition) is 5. The summed E-state index contributed by atoms with van der Waals surface area (Å²) in [7, 11) is 3.77. The van der Waals surface area contributed by atoms with Crippen molar-refractivity contribution in [3.63, 3.8) is 0 Å². The maximum absolute atomic E-state index is 5.78. The highest BCUT2D eigenvalue weighted by Gasteiger charge is 2.03. The molecule has 0 aromatic carbocycles. The van der Waals surface area contributed by atoms with Crippen molar-refractivity contribution in [2.24, 2.45) is 0 Å². The van der Waals surface area contributed by atoms with Gasteiger partial charge in [0, 0.05) is 30.9 Å². The summed E-state index contributed by atoms with van der Waals surface area (Å²) in [6.45, 7) is 3.24. The molecule has 1 heterocycles. The standard InChI is InChI=1S/C12H20BrN3O2/c1-16(5-7-17-2)4-3-6-18-12-11(14)8-10(13)9-15-12/h8-9H,3-7,14H2,1-2H3. The van der Waals surface area contributed by atoms with Gasteiger partial charge in [0.25, 0.3) is 0 Å². The van der Waals surface area contributed by atoms with E-state index in [2.05, 4.69) is 32.9 Å². The zero-order valence-electron chi connectivity index (χ0n) is 10.9. The van der Waals surface area contributed by atoms with Gasteiger partial charge in [-0.05, 0) is 35.5 Å². The molecule has 0 fully saturated rings. The lowest BCUT2D eigenvalue weighted by Crippen LogP contribution is -2.25. The minimum Gasteiger partial charge on any atom is -0.476 e. The molecule has 1 aromatic rings. The molecule has 0 radical (unpaired) electrons. The van der Waals surface area contributed by atoms with Crippen molar-refractivity contribution in [1.82, 2.24) is 9.88 Å². The number of nitrogens with zero attached hydrogens (tertiary/aromatic N) is 2. The Morgan fingerprint density at radius 2 is 2.17 bits per heavy atom. The molecule has 5 nitrogen and oxygen atoms in total. The Bertz CT molecular complexity index is 363. The van der Waals surface area contributed by atoms with Crippen LogP contribution in [0.3, 0.4) is 0 Å². The highest BCUT2D eigenvalue weighted by molar-refractivity contribution is 9.10. The summed E-state index contributed by atoms with van der Waals surface area (Å²) in [6, 6.07) is 1.78.